The first-order chi connectivity index (χ1) is 6.60. The molecule has 0 N–H and O–H groups in total. The lowest BCUT2D eigenvalue weighted by molar-refractivity contribution is 0.145. The van der Waals surface area contributed by atoms with E-state index < -0.39 is 6.43 Å². The van der Waals surface area contributed by atoms with Crippen LogP contribution in [0.1, 0.15) is 17.7 Å². The highest BCUT2D eigenvalue weighted by molar-refractivity contribution is 5.43. The molecule has 0 fully saturated rings. The van der Waals surface area contributed by atoms with Gasteiger partial charge in [0.05, 0.1) is 19.8 Å². The lowest BCUT2D eigenvalue weighted by Crippen LogP contribution is -2.00. The van der Waals surface area contributed by atoms with Crippen LogP contribution in [0.15, 0.2) is 6.07 Å². The van der Waals surface area contributed by atoms with E-state index in [0.29, 0.717) is 5.69 Å². The molecule has 0 aromatic carbocycles. The Morgan fingerprint density at radius 1 is 1.29 bits per heavy atom. The lowest BCUT2D eigenvalue weighted by atomic mass is 10.2. The highest BCUT2D eigenvalue weighted by Crippen LogP contribution is 2.35. The van der Waals surface area contributed by atoms with E-state index in [2.05, 4.69) is 4.98 Å². The quantitative estimate of drug-likeness (QED) is 0.755. The van der Waals surface area contributed by atoms with E-state index in [0.717, 1.165) is 0 Å². The van der Waals surface area contributed by atoms with E-state index in [-0.39, 0.29) is 17.2 Å². The van der Waals surface area contributed by atoms with E-state index in [1.807, 2.05) is 0 Å². The van der Waals surface area contributed by atoms with E-state index in [1.165, 1.54) is 20.3 Å². The van der Waals surface area contributed by atoms with Crippen molar-refractivity contribution in [1.82, 2.24) is 4.98 Å². The Balaban J connectivity index is 3.31. The Morgan fingerprint density at radius 3 is 2.36 bits per heavy atom. The van der Waals surface area contributed by atoms with Crippen LogP contribution >= 0.6 is 0 Å². The molecule has 0 saturated carbocycles. The van der Waals surface area contributed by atoms with Crippen LogP contribution in [0.5, 0.6) is 11.6 Å². The van der Waals surface area contributed by atoms with Crippen molar-refractivity contribution in [3.05, 3.63) is 17.3 Å². The number of rotatable bonds is 3. The third kappa shape index (κ3) is 1.92. The number of hydrogen-bond acceptors (Lipinski definition) is 3. The van der Waals surface area contributed by atoms with Crippen molar-refractivity contribution in [3.63, 3.8) is 0 Å². The zero-order valence-corrected chi connectivity index (χ0v) is 8.17. The Kier molecular flexibility index (Phi) is 3.22. The summed E-state index contributed by atoms with van der Waals surface area (Å²) >= 11 is 0. The topological polar surface area (TPSA) is 31.4 Å². The van der Waals surface area contributed by atoms with Gasteiger partial charge < -0.3 is 9.47 Å². The summed E-state index contributed by atoms with van der Waals surface area (Å²) in [7, 11) is 2.67. The fourth-order valence-corrected chi connectivity index (χ4v) is 1.16. The molecule has 0 unspecified atom stereocenters. The van der Waals surface area contributed by atoms with Gasteiger partial charge in [-0.2, -0.15) is 0 Å². The van der Waals surface area contributed by atoms with Crippen LogP contribution in [0.2, 0.25) is 0 Å². The van der Waals surface area contributed by atoms with Gasteiger partial charge >= 0.3 is 0 Å². The van der Waals surface area contributed by atoms with Crippen LogP contribution < -0.4 is 9.47 Å². The molecule has 0 aliphatic heterocycles. The second-order valence-electron chi connectivity index (χ2n) is 2.70. The second kappa shape index (κ2) is 4.21. The molecule has 0 radical (unpaired) electrons. The van der Waals surface area contributed by atoms with Gasteiger partial charge in [0.25, 0.3) is 12.3 Å². The summed E-state index contributed by atoms with van der Waals surface area (Å²) in [6, 6.07) is 1.28. The molecule has 0 aliphatic rings. The number of methoxy groups -OCH3 is 2. The first-order valence-electron chi connectivity index (χ1n) is 3.97. The minimum atomic E-state index is -2.60. The number of alkyl halides is 2. The zero-order valence-electron chi connectivity index (χ0n) is 8.17. The van der Waals surface area contributed by atoms with Crippen LogP contribution in [0, 0.1) is 6.92 Å². The summed E-state index contributed by atoms with van der Waals surface area (Å²) in [5.41, 5.74) is 0.273. The summed E-state index contributed by atoms with van der Waals surface area (Å²) in [6.45, 7) is 1.62. The third-order valence-corrected chi connectivity index (χ3v) is 1.73. The maximum atomic E-state index is 12.5. The predicted octanol–water partition coefficient (Wildman–Crippen LogP) is 2.34. The molecular weight excluding hydrogens is 192 g/mol. The van der Waals surface area contributed by atoms with Gasteiger partial charge in [0.15, 0.2) is 5.75 Å². The Labute approximate surface area is 80.7 Å². The molecule has 5 heteroatoms. The summed E-state index contributed by atoms with van der Waals surface area (Å²) in [4.78, 5) is 3.92. The molecule has 0 bridgehead atoms. The van der Waals surface area contributed by atoms with Crippen LogP contribution in [0.4, 0.5) is 8.78 Å². The third-order valence-electron chi connectivity index (χ3n) is 1.73. The van der Waals surface area contributed by atoms with E-state index in [4.69, 9.17) is 9.47 Å². The first-order valence-corrected chi connectivity index (χ1v) is 3.97. The molecule has 78 valence electrons. The fourth-order valence-electron chi connectivity index (χ4n) is 1.16. The molecule has 0 spiro atoms. The van der Waals surface area contributed by atoms with Gasteiger partial charge in [0, 0.05) is 5.69 Å². The first kappa shape index (κ1) is 10.7. The standard InChI is InChI=1S/C9H11F2NO2/c1-5-4-6(8(10)11)7(13-2)9(12-5)14-3/h4,8H,1-3H3. The number of halogens is 2. The van der Waals surface area contributed by atoms with Gasteiger partial charge in [-0.25, -0.2) is 13.8 Å². The number of ether oxygens (including phenoxy) is 2. The minimum Gasteiger partial charge on any atom is -0.491 e. The van der Waals surface area contributed by atoms with Crippen molar-refractivity contribution in [2.75, 3.05) is 14.2 Å². The van der Waals surface area contributed by atoms with Crippen LogP contribution in [-0.4, -0.2) is 19.2 Å². The van der Waals surface area contributed by atoms with Crippen LogP contribution in [-0.2, 0) is 0 Å². The fraction of sp³-hybridized carbons (Fsp3) is 0.444. The SMILES string of the molecule is COc1nc(C)cc(C(F)F)c1OC. The average molecular weight is 203 g/mol. The van der Waals surface area contributed by atoms with Gasteiger partial charge in [-0.3, -0.25) is 0 Å². The minimum absolute atomic E-state index is 0.00639. The van der Waals surface area contributed by atoms with Crippen molar-refractivity contribution in [2.45, 2.75) is 13.3 Å². The summed E-state index contributed by atoms with van der Waals surface area (Å²) in [5, 5.41) is 0. The number of pyridine rings is 1. The summed E-state index contributed by atoms with van der Waals surface area (Å²) in [5.74, 6) is 0.0795. The van der Waals surface area contributed by atoms with Crippen molar-refractivity contribution in [3.8, 4) is 11.6 Å². The number of aromatic nitrogens is 1. The molecule has 1 aromatic rings. The van der Waals surface area contributed by atoms with E-state index in [9.17, 15) is 8.78 Å². The number of hydrogen-bond donors (Lipinski definition) is 0. The molecule has 1 rings (SSSR count). The van der Waals surface area contributed by atoms with E-state index in [1.54, 1.807) is 6.92 Å². The summed E-state index contributed by atoms with van der Waals surface area (Å²) in [6.07, 6.45) is -2.60. The smallest absolute Gasteiger partial charge is 0.267 e. The average Bonchev–Trinajstić information content (AvgIpc) is 2.16. The second-order valence-corrected chi connectivity index (χ2v) is 2.70. The lowest BCUT2D eigenvalue weighted by Gasteiger charge is -2.11. The molecular formula is C9H11F2NO2. The molecule has 0 saturated heterocycles. The van der Waals surface area contributed by atoms with Gasteiger partial charge in [0.1, 0.15) is 0 Å². The zero-order chi connectivity index (χ0) is 10.7. The Bertz CT molecular complexity index is 329. The maximum absolute atomic E-state index is 12.5. The van der Waals surface area contributed by atoms with Crippen LogP contribution in [0.3, 0.4) is 0 Å². The van der Waals surface area contributed by atoms with Crippen LogP contribution in [0.25, 0.3) is 0 Å². The van der Waals surface area contributed by atoms with Gasteiger partial charge in [-0.15, -0.1) is 0 Å². The predicted molar refractivity (Wildman–Crippen MR) is 47.0 cm³/mol. The molecule has 14 heavy (non-hydrogen) atoms. The maximum Gasteiger partial charge on any atom is 0.267 e. The molecule has 1 heterocycles. The van der Waals surface area contributed by atoms with Gasteiger partial charge in [-0.1, -0.05) is 0 Å². The Morgan fingerprint density at radius 2 is 1.93 bits per heavy atom. The number of aryl methyl sites for hydroxylation is 1. The largest absolute Gasteiger partial charge is 0.491 e. The van der Waals surface area contributed by atoms with E-state index >= 15 is 0 Å². The molecule has 1 aromatic heterocycles. The summed E-state index contributed by atoms with van der Waals surface area (Å²) < 4.78 is 34.7. The molecule has 0 aliphatic carbocycles. The molecule has 0 amide bonds. The van der Waals surface area contributed by atoms with Gasteiger partial charge in [0.2, 0.25) is 0 Å². The van der Waals surface area contributed by atoms with Crippen molar-refractivity contribution >= 4 is 0 Å². The number of nitrogens with zero attached hydrogens (tertiary/aromatic N) is 1. The monoisotopic (exact) mass is 203 g/mol. The highest BCUT2D eigenvalue weighted by Gasteiger charge is 2.19. The van der Waals surface area contributed by atoms with Crippen molar-refractivity contribution in [2.24, 2.45) is 0 Å². The van der Waals surface area contributed by atoms with Crippen molar-refractivity contribution in [1.29, 1.82) is 0 Å². The molecule has 3 nitrogen and oxygen atoms in total. The van der Waals surface area contributed by atoms with Crippen molar-refractivity contribution < 1.29 is 18.3 Å². The molecule has 0 atom stereocenters. The highest BCUT2D eigenvalue weighted by atomic mass is 19.3. The van der Waals surface area contributed by atoms with Gasteiger partial charge in [-0.05, 0) is 13.0 Å². The normalized spacial score (nSPS) is 10.4. The Hall–Kier alpha value is -1.39.